The van der Waals surface area contributed by atoms with Gasteiger partial charge in [-0.3, -0.25) is 0 Å². The molecule has 0 amide bonds. The van der Waals surface area contributed by atoms with Gasteiger partial charge in [-0.1, -0.05) is 26.2 Å². The summed E-state index contributed by atoms with van der Waals surface area (Å²) in [5, 5.41) is 0. The molecule has 4 rings (SSSR count). The first-order valence-electron chi connectivity index (χ1n) is 10.7. The van der Waals surface area contributed by atoms with Crippen LogP contribution in [0.3, 0.4) is 0 Å². The minimum atomic E-state index is -3.78. The van der Waals surface area contributed by atoms with Crippen LogP contribution in [0.4, 0.5) is 17.6 Å². The quantitative estimate of drug-likeness (QED) is 0.484. The van der Waals surface area contributed by atoms with Gasteiger partial charge >= 0.3 is 12.4 Å². The van der Waals surface area contributed by atoms with Crippen LogP contribution >= 0.6 is 0 Å². The van der Waals surface area contributed by atoms with E-state index >= 15 is 0 Å². The van der Waals surface area contributed by atoms with Crippen LogP contribution < -0.4 is 14.2 Å². The highest BCUT2D eigenvalue weighted by molar-refractivity contribution is 5.47. The lowest BCUT2D eigenvalue weighted by atomic mass is 9.69. The maximum absolute atomic E-state index is 14.7. The largest absolute Gasteiger partial charge is 0.586 e. The van der Waals surface area contributed by atoms with E-state index in [4.69, 9.17) is 4.74 Å². The summed E-state index contributed by atoms with van der Waals surface area (Å²) in [6, 6.07) is 3.39. The van der Waals surface area contributed by atoms with E-state index < -0.39 is 18.3 Å². The number of halogens is 4. The smallest absolute Gasteiger partial charge is 0.432 e. The number of ether oxygens (including phenoxy) is 3. The zero-order valence-electron chi connectivity index (χ0n) is 16.6. The maximum Gasteiger partial charge on any atom is 0.586 e. The van der Waals surface area contributed by atoms with E-state index in [-0.39, 0.29) is 17.2 Å². The minimum Gasteiger partial charge on any atom is -0.432 e. The lowest BCUT2D eigenvalue weighted by Crippen LogP contribution is -2.38. The van der Waals surface area contributed by atoms with Crippen molar-refractivity contribution in [1.29, 1.82) is 0 Å². The molecule has 1 aromatic carbocycles. The van der Waals surface area contributed by atoms with E-state index in [9.17, 15) is 17.6 Å². The second kappa shape index (κ2) is 7.88. The van der Waals surface area contributed by atoms with Gasteiger partial charge in [-0.25, -0.2) is 0 Å². The van der Waals surface area contributed by atoms with Crippen LogP contribution in [0.2, 0.25) is 0 Å². The second-order valence-corrected chi connectivity index (χ2v) is 8.74. The Labute approximate surface area is 168 Å². The van der Waals surface area contributed by atoms with Crippen LogP contribution in [0.5, 0.6) is 17.2 Å². The molecule has 2 fully saturated rings. The van der Waals surface area contributed by atoms with Crippen molar-refractivity contribution in [3.8, 4) is 17.2 Å². The van der Waals surface area contributed by atoms with Crippen LogP contribution in [-0.4, -0.2) is 12.4 Å². The standard InChI is InChI=1S/C22H28F4O3/c1-2-14-3-5-15(6-4-14)16-7-9-17(10-8-16)21(23,24)27-18-11-12-19-20(13-18)29-22(25,26)28-19/h11-17H,2-10H2,1H3. The third-order valence-corrected chi connectivity index (χ3v) is 7.01. The molecule has 1 heterocycles. The highest BCUT2D eigenvalue weighted by atomic mass is 19.3. The topological polar surface area (TPSA) is 27.7 Å². The molecule has 0 bridgehead atoms. The Kier molecular flexibility index (Phi) is 5.60. The molecule has 3 nitrogen and oxygen atoms in total. The van der Waals surface area contributed by atoms with Gasteiger partial charge < -0.3 is 14.2 Å². The summed E-state index contributed by atoms with van der Waals surface area (Å²) in [6.45, 7) is 2.24. The van der Waals surface area contributed by atoms with Crippen LogP contribution in [0.1, 0.15) is 64.7 Å². The van der Waals surface area contributed by atoms with Crippen LogP contribution in [-0.2, 0) is 0 Å². The molecule has 3 aliphatic rings. The molecule has 162 valence electrons. The summed E-state index contributed by atoms with van der Waals surface area (Å²) >= 11 is 0. The van der Waals surface area contributed by atoms with Crippen molar-refractivity contribution in [1.82, 2.24) is 0 Å². The molecular weight excluding hydrogens is 388 g/mol. The zero-order chi connectivity index (χ0) is 20.6. The predicted molar refractivity (Wildman–Crippen MR) is 99.4 cm³/mol. The molecule has 1 aromatic rings. The SMILES string of the molecule is CCC1CCC(C2CCC(C(F)(F)Oc3ccc4c(c3)OC(F)(F)O4)CC2)CC1. The highest BCUT2D eigenvalue weighted by Crippen LogP contribution is 2.47. The molecule has 0 radical (unpaired) electrons. The number of hydrogen-bond donors (Lipinski definition) is 0. The Balaban J connectivity index is 1.31. The molecule has 1 aliphatic heterocycles. The van der Waals surface area contributed by atoms with Crippen molar-refractivity contribution in [2.75, 3.05) is 0 Å². The van der Waals surface area contributed by atoms with Crippen LogP contribution in [0.15, 0.2) is 18.2 Å². The van der Waals surface area contributed by atoms with Crippen molar-refractivity contribution in [3.63, 3.8) is 0 Å². The Bertz CT molecular complexity index is 708. The van der Waals surface area contributed by atoms with Gasteiger partial charge in [0.15, 0.2) is 11.5 Å². The number of hydrogen-bond acceptors (Lipinski definition) is 3. The molecular formula is C22H28F4O3. The summed E-state index contributed by atoms with van der Waals surface area (Å²) in [5.74, 6) is 0.490. The Morgan fingerprint density at radius 3 is 2.14 bits per heavy atom. The third-order valence-electron chi connectivity index (χ3n) is 7.01. The average molecular weight is 416 g/mol. The van der Waals surface area contributed by atoms with Gasteiger partial charge in [0.05, 0.1) is 5.92 Å². The van der Waals surface area contributed by atoms with Gasteiger partial charge in [0.2, 0.25) is 0 Å². The monoisotopic (exact) mass is 416 g/mol. The predicted octanol–water partition coefficient (Wildman–Crippen LogP) is 7.00. The van der Waals surface area contributed by atoms with Gasteiger partial charge in [0, 0.05) is 6.07 Å². The van der Waals surface area contributed by atoms with Crippen molar-refractivity contribution in [2.45, 2.75) is 77.1 Å². The van der Waals surface area contributed by atoms with Gasteiger partial charge in [0.1, 0.15) is 5.75 Å². The molecule has 0 spiro atoms. The normalized spacial score (nSPS) is 31.5. The maximum atomic E-state index is 14.7. The van der Waals surface area contributed by atoms with Gasteiger partial charge in [-0.05, 0) is 68.4 Å². The molecule has 0 atom stereocenters. The Hall–Kier alpha value is -1.66. The fraction of sp³-hybridized carbons (Fsp3) is 0.727. The van der Waals surface area contributed by atoms with Gasteiger partial charge in [-0.2, -0.15) is 8.78 Å². The number of benzene rings is 1. The third kappa shape index (κ3) is 4.58. The highest BCUT2D eigenvalue weighted by Gasteiger charge is 2.46. The van der Waals surface area contributed by atoms with E-state index in [2.05, 4.69) is 16.4 Å². The Morgan fingerprint density at radius 1 is 0.931 bits per heavy atom. The van der Waals surface area contributed by atoms with E-state index in [0.717, 1.165) is 30.9 Å². The van der Waals surface area contributed by atoms with Crippen molar-refractivity contribution in [3.05, 3.63) is 18.2 Å². The van der Waals surface area contributed by atoms with Crippen molar-refractivity contribution in [2.24, 2.45) is 23.7 Å². The molecule has 7 heteroatoms. The lowest BCUT2D eigenvalue weighted by Gasteiger charge is -2.39. The van der Waals surface area contributed by atoms with Crippen molar-refractivity contribution < 1.29 is 31.8 Å². The minimum absolute atomic E-state index is 0.191. The molecule has 0 aromatic heterocycles. The van der Waals surface area contributed by atoms with Crippen molar-refractivity contribution >= 4 is 0 Å². The summed E-state index contributed by atoms with van der Waals surface area (Å²) in [4.78, 5) is 0. The van der Waals surface area contributed by atoms with E-state index in [1.807, 2.05) is 0 Å². The fourth-order valence-corrected chi connectivity index (χ4v) is 5.23. The zero-order valence-corrected chi connectivity index (χ0v) is 16.6. The molecule has 0 unspecified atom stereocenters. The average Bonchev–Trinajstić information content (AvgIpc) is 3.01. The van der Waals surface area contributed by atoms with Crippen LogP contribution in [0, 0.1) is 23.7 Å². The first-order valence-corrected chi connectivity index (χ1v) is 10.7. The second-order valence-electron chi connectivity index (χ2n) is 8.74. The fourth-order valence-electron chi connectivity index (χ4n) is 5.23. The molecule has 2 saturated carbocycles. The number of alkyl halides is 4. The van der Waals surface area contributed by atoms with Crippen LogP contribution in [0.25, 0.3) is 0 Å². The molecule has 2 aliphatic carbocycles. The van der Waals surface area contributed by atoms with E-state index in [1.54, 1.807) is 0 Å². The molecule has 0 N–H and O–H groups in total. The van der Waals surface area contributed by atoms with Gasteiger partial charge in [-0.15, -0.1) is 8.78 Å². The van der Waals surface area contributed by atoms with E-state index in [1.165, 1.54) is 38.2 Å². The Morgan fingerprint density at radius 2 is 1.52 bits per heavy atom. The first-order chi connectivity index (χ1) is 13.8. The molecule has 29 heavy (non-hydrogen) atoms. The molecule has 0 saturated heterocycles. The number of rotatable bonds is 5. The first kappa shape index (κ1) is 20.6. The summed E-state index contributed by atoms with van der Waals surface area (Å²) in [7, 11) is 0. The number of fused-ring (bicyclic) bond motifs is 1. The summed E-state index contributed by atoms with van der Waals surface area (Å²) in [5.41, 5.74) is 0. The van der Waals surface area contributed by atoms with E-state index in [0.29, 0.717) is 24.7 Å². The summed E-state index contributed by atoms with van der Waals surface area (Å²) in [6.07, 6.45) is 1.55. The van der Waals surface area contributed by atoms with Gasteiger partial charge in [0.25, 0.3) is 0 Å². The summed E-state index contributed by atoms with van der Waals surface area (Å²) < 4.78 is 69.2. The lowest BCUT2D eigenvalue weighted by molar-refractivity contribution is -0.286.